The van der Waals surface area contributed by atoms with E-state index in [2.05, 4.69) is 14.7 Å². The zero-order chi connectivity index (χ0) is 24.5. The Bertz CT molecular complexity index is 1250. The summed E-state index contributed by atoms with van der Waals surface area (Å²) in [7, 11) is -4.50. The maximum atomic E-state index is 14.7. The SMILES string of the molecule is O=S(=O)(Nc1ncns1)c1cc(F)c(OC2OCCNC2c2ccc(C(F)(F)F)cc2)cc1F. The fraction of sp³-hybridized carbons (Fsp3) is 0.263. The van der Waals surface area contributed by atoms with Gasteiger partial charge in [0.15, 0.2) is 11.6 Å². The number of ether oxygens (including phenoxy) is 2. The lowest BCUT2D eigenvalue weighted by atomic mass is 10.0. The van der Waals surface area contributed by atoms with Gasteiger partial charge in [0, 0.05) is 30.2 Å². The predicted molar refractivity (Wildman–Crippen MR) is 110 cm³/mol. The zero-order valence-corrected chi connectivity index (χ0v) is 18.5. The molecule has 1 aliphatic rings. The number of hydrogen-bond donors (Lipinski definition) is 2. The van der Waals surface area contributed by atoms with E-state index in [0.717, 1.165) is 18.5 Å². The van der Waals surface area contributed by atoms with Crippen LogP contribution < -0.4 is 14.8 Å². The molecule has 34 heavy (non-hydrogen) atoms. The predicted octanol–water partition coefficient (Wildman–Crippen LogP) is 3.70. The molecule has 0 radical (unpaired) electrons. The summed E-state index contributed by atoms with van der Waals surface area (Å²) in [5.74, 6) is -3.14. The van der Waals surface area contributed by atoms with E-state index in [9.17, 15) is 30.4 Å². The second-order valence-electron chi connectivity index (χ2n) is 6.97. The van der Waals surface area contributed by atoms with E-state index >= 15 is 0 Å². The number of rotatable bonds is 6. The number of nitrogens with one attached hydrogen (secondary N) is 2. The van der Waals surface area contributed by atoms with Gasteiger partial charge in [-0.3, -0.25) is 4.72 Å². The molecule has 0 amide bonds. The summed E-state index contributed by atoms with van der Waals surface area (Å²) >= 11 is 0.703. The molecular weight excluding hydrogens is 507 g/mol. The number of aromatic nitrogens is 2. The summed E-state index contributed by atoms with van der Waals surface area (Å²) in [5.41, 5.74) is -0.489. The van der Waals surface area contributed by atoms with Crippen LogP contribution in [-0.2, 0) is 20.9 Å². The van der Waals surface area contributed by atoms with E-state index < -0.39 is 56.4 Å². The first-order valence-electron chi connectivity index (χ1n) is 9.52. The minimum atomic E-state index is -4.52. The van der Waals surface area contributed by atoms with Crippen molar-refractivity contribution in [2.24, 2.45) is 0 Å². The Morgan fingerprint density at radius 3 is 2.53 bits per heavy atom. The summed E-state index contributed by atoms with van der Waals surface area (Å²) in [6, 6.07) is 4.39. The van der Waals surface area contributed by atoms with Gasteiger partial charge in [0.25, 0.3) is 10.0 Å². The van der Waals surface area contributed by atoms with Gasteiger partial charge in [-0.2, -0.15) is 17.5 Å². The van der Waals surface area contributed by atoms with Crippen LogP contribution in [0, 0.1) is 11.6 Å². The molecule has 2 heterocycles. The van der Waals surface area contributed by atoms with Gasteiger partial charge in [-0.15, -0.1) is 0 Å². The first-order valence-corrected chi connectivity index (χ1v) is 11.8. The molecule has 2 aromatic carbocycles. The molecule has 1 saturated heterocycles. The zero-order valence-electron chi connectivity index (χ0n) is 16.8. The standard InChI is InChI=1S/C19H15F5N4O4S2/c20-12-8-15(34(29,30)28-18-26-9-27-33-18)13(21)7-14(12)32-17-16(25-5-6-31-17)10-1-3-11(4-2-10)19(22,23)24/h1-4,7-9,16-17,25H,5-6H2,(H,26,27,28). The topological polar surface area (TPSA) is 102 Å². The van der Waals surface area contributed by atoms with Crippen molar-refractivity contribution in [1.29, 1.82) is 0 Å². The molecule has 1 fully saturated rings. The van der Waals surface area contributed by atoms with Gasteiger partial charge in [0.05, 0.1) is 18.2 Å². The number of anilines is 1. The number of halogens is 5. The summed E-state index contributed by atoms with van der Waals surface area (Å²) < 4.78 is 109. The smallest absolute Gasteiger partial charge is 0.416 e. The van der Waals surface area contributed by atoms with E-state index in [1.807, 2.05) is 4.72 Å². The molecule has 1 aliphatic heterocycles. The first-order chi connectivity index (χ1) is 16.0. The average molecular weight is 522 g/mol. The van der Waals surface area contributed by atoms with Gasteiger partial charge in [-0.25, -0.2) is 22.2 Å². The lowest BCUT2D eigenvalue weighted by Crippen LogP contribution is -2.45. The maximum absolute atomic E-state index is 14.7. The number of benzene rings is 2. The van der Waals surface area contributed by atoms with Crippen molar-refractivity contribution < 1.29 is 39.8 Å². The van der Waals surface area contributed by atoms with Crippen molar-refractivity contribution in [3.8, 4) is 5.75 Å². The number of sulfonamides is 1. The highest BCUT2D eigenvalue weighted by Crippen LogP contribution is 2.33. The second kappa shape index (κ2) is 9.40. The molecule has 4 rings (SSSR count). The highest BCUT2D eigenvalue weighted by molar-refractivity contribution is 7.93. The van der Waals surface area contributed by atoms with Crippen LogP contribution in [0.25, 0.3) is 0 Å². The van der Waals surface area contributed by atoms with Crippen molar-refractivity contribution >= 4 is 26.7 Å². The Balaban J connectivity index is 1.56. The molecule has 2 N–H and O–H groups in total. The molecule has 0 bridgehead atoms. The third-order valence-corrected chi connectivity index (χ3v) is 6.78. The van der Waals surface area contributed by atoms with Gasteiger partial charge in [0.1, 0.15) is 17.0 Å². The molecule has 2 atom stereocenters. The van der Waals surface area contributed by atoms with Gasteiger partial charge in [0.2, 0.25) is 11.4 Å². The Morgan fingerprint density at radius 2 is 1.88 bits per heavy atom. The van der Waals surface area contributed by atoms with Crippen molar-refractivity contribution in [2.75, 3.05) is 17.9 Å². The molecule has 15 heteroatoms. The van der Waals surface area contributed by atoms with E-state index in [1.54, 1.807) is 0 Å². The Labute approximate surface area is 194 Å². The summed E-state index contributed by atoms with van der Waals surface area (Å²) in [4.78, 5) is 2.64. The van der Waals surface area contributed by atoms with Crippen LogP contribution in [0.5, 0.6) is 5.75 Å². The average Bonchev–Trinajstić information content (AvgIpc) is 3.28. The van der Waals surface area contributed by atoms with Gasteiger partial charge < -0.3 is 14.8 Å². The van der Waals surface area contributed by atoms with Gasteiger partial charge >= 0.3 is 6.18 Å². The molecule has 0 saturated carbocycles. The normalized spacial score (nSPS) is 19.1. The Morgan fingerprint density at radius 1 is 1.15 bits per heavy atom. The molecule has 0 aliphatic carbocycles. The number of hydrogen-bond acceptors (Lipinski definition) is 8. The van der Waals surface area contributed by atoms with E-state index in [-0.39, 0.29) is 11.7 Å². The quantitative estimate of drug-likeness (QED) is 0.476. The third-order valence-electron chi connectivity index (χ3n) is 4.72. The lowest BCUT2D eigenvalue weighted by Gasteiger charge is -2.33. The first kappa shape index (κ1) is 24.3. The summed E-state index contributed by atoms with van der Waals surface area (Å²) in [6.07, 6.45) is -4.67. The van der Waals surface area contributed by atoms with Crippen LogP contribution in [0.15, 0.2) is 47.6 Å². The minimum Gasteiger partial charge on any atom is -0.460 e. The monoisotopic (exact) mass is 522 g/mol. The Kier molecular flexibility index (Phi) is 6.71. The highest BCUT2D eigenvalue weighted by Gasteiger charge is 2.33. The summed E-state index contributed by atoms with van der Waals surface area (Å²) in [6.45, 7) is 0.459. The maximum Gasteiger partial charge on any atom is 0.416 e. The summed E-state index contributed by atoms with van der Waals surface area (Å²) in [5, 5.41) is 2.86. The van der Waals surface area contributed by atoms with Crippen LogP contribution >= 0.6 is 11.5 Å². The van der Waals surface area contributed by atoms with E-state index in [1.165, 1.54) is 12.1 Å². The van der Waals surface area contributed by atoms with Crippen LogP contribution in [0.2, 0.25) is 0 Å². The Hall–Kier alpha value is -2.88. The van der Waals surface area contributed by atoms with Gasteiger partial charge in [-0.1, -0.05) is 12.1 Å². The van der Waals surface area contributed by atoms with E-state index in [4.69, 9.17) is 9.47 Å². The fourth-order valence-electron chi connectivity index (χ4n) is 3.16. The van der Waals surface area contributed by atoms with Crippen LogP contribution in [0.1, 0.15) is 17.2 Å². The number of nitrogens with zero attached hydrogens (tertiary/aromatic N) is 2. The largest absolute Gasteiger partial charge is 0.460 e. The lowest BCUT2D eigenvalue weighted by molar-refractivity contribution is -0.137. The minimum absolute atomic E-state index is 0.129. The van der Waals surface area contributed by atoms with Crippen molar-refractivity contribution in [2.45, 2.75) is 23.4 Å². The number of morpholine rings is 1. The van der Waals surface area contributed by atoms with Crippen molar-refractivity contribution in [1.82, 2.24) is 14.7 Å². The van der Waals surface area contributed by atoms with E-state index in [0.29, 0.717) is 35.8 Å². The molecule has 0 spiro atoms. The third kappa shape index (κ3) is 5.27. The molecular formula is C19H15F5N4O4S2. The van der Waals surface area contributed by atoms with Crippen molar-refractivity contribution in [3.05, 3.63) is 65.5 Å². The van der Waals surface area contributed by atoms with Crippen LogP contribution in [0.4, 0.5) is 27.1 Å². The number of alkyl halides is 3. The van der Waals surface area contributed by atoms with Crippen LogP contribution in [0.3, 0.4) is 0 Å². The molecule has 2 unspecified atom stereocenters. The second-order valence-corrected chi connectivity index (χ2v) is 9.40. The highest BCUT2D eigenvalue weighted by atomic mass is 32.2. The molecule has 8 nitrogen and oxygen atoms in total. The van der Waals surface area contributed by atoms with Crippen molar-refractivity contribution in [3.63, 3.8) is 0 Å². The van der Waals surface area contributed by atoms with Gasteiger partial charge in [-0.05, 0) is 17.7 Å². The fourth-order valence-corrected chi connectivity index (χ4v) is 4.89. The molecule has 182 valence electrons. The van der Waals surface area contributed by atoms with Crippen LogP contribution in [-0.4, -0.2) is 37.2 Å². The molecule has 3 aromatic rings. The molecule has 1 aromatic heterocycles.